The highest BCUT2D eigenvalue weighted by Gasteiger charge is 2.14. The molecule has 0 unspecified atom stereocenters. The van der Waals surface area contributed by atoms with Gasteiger partial charge in [-0.1, -0.05) is 30.3 Å². The van der Waals surface area contributed by atoms with Gasteiger partial charge in [-0.25, -0.2) is 4.79 Å². The minimum Gasteiger partial charge on any atom is -0.487 e. The highest BCUT2D eigenvalue weighted by atomic mass is 16.5. The number of rotatable bonds is 6. The Morgan fingerprint density at radius 3 is 2.41 bits per heavy atom. The van der Waals surface area contributed by atoms with Gasteiger partial charge < -0.3 is 14.0 Å². The minimum atomic E-state index is -0.640. The maximum absolute atomic E-state index is 11.7. The molecule has 0 radical (unpaired) electrons. The summed E-state index contributed by atoms with van der Waals surface area (Å²) >= 11 is 0. The molecule has 0 fully saturated rings. The number of benzene rings is 2. The summed E-state index contributed by atoms with van der Waals surface area (Å²) in [5.74, 6) is -0.267. The van der Waals surface area contributed by atoms with Crippen LogP contribution in [-0.4, -0.2) is 23.4 Å². The van der Waals surface area contributed by atoms with Crippen LogP contribution >= 0.6 is 0 Å². The van der Waals surface area contributed by atoms with Crippen molar-refractivity contribution >= 4 is 28.7 Å². The van der Waals surface area contributed by atoms with Gasteiger partial charge in [-0.05, 0) is 48.2 Å². The van der Waals surface area contributed by atoms with Crippen molar-refractivity contribution in [1.29, 1.82) is 0 Å². The fourth-order valence-electron chi connectivity index (χ4n) is 2.88. The zero-order valence-corrected chi connectivity index (χ0v) is 15.6. The molecule has 3 aromatic rings. The van der Waals surface area contributed by atoms with E-state index in [2.05, 4.69) is 27.5 Å². The SMILES string of the molecule is COC(=O)C(=Cc1ccc(OCc2cc3ccccc3n2C)cc1)C(C)=O. The van der Waals surface area contributed by atoms with E-state index in [-0.39, 0.29) is 11.4 Å². The van der Waals surface area contributed by atoms with E-state index in [0.29, 0.717) is 12.4 Å². The molecule has 0 atom stereocenters. The normalized spacial score (nSPS) is 11.4. The number of para-hydroxylation sites is 1. The van der Waals surface area contributed by atoms with E-state index in [4.69, 9.17) is 4.74 Å². The molecule has 0 aliphatic rings. The van der Waals surface area contributed by atoms with Crippen LogP contribution in [0.2, 0.25) is 0 Å². The maximum Gasteiger partial charge on any atom is 0.341 e. The number of ketones is 1. The number of carbonyl (C=O) groups is 2. The fourth-order valence-corrected chi connectivity index (χ4v) is 2.88. The molecule has 0 aliphatic heterocycles. The minimum absolute atomic E-state index is 0.0154. The number of aryl methyl sites for hydroxylation is 1. The van der Waals surface area contributed by atoms with Crippen molar-refractivity contribution in [3.63, 3.8) is 0 Å². The molecular weight excluding hydrogens is 342 g/mol. The summed E-state index contributed by atoms with van der Waals surface area (Å²) in [6.07, 6.45) is 1.52. The molecule has 3 rings (SSSR count). The summed E-state index contributed by atoms with van der Waals surface area (Å²) in [6.45, 7) is 1.78. The number of ether oxygens (including phenoxy) is 2. The van der Waals surface area contributed by atoms with Crippen LogP contribution < -0.4 is 4.74 Å². The molecule has 1 aromatic heterocycles. The Bertz CT molecular complexity index is 1010. The Kier molecular flexibility index (Phi) is 5.41. The molecule has 0 aliphatic carbocycles. The van der Waals surface area contributed by atoms with Crippen LogP contribution in [-0.2, 0) is 28.0 Å². The van der Waals surface area contributed by atoms with Gasteiger partial charge in [-0.2, -0.15) is 0 Å². The second-order valence-corrected chi connectivity index (χ2v) is 6.22. The Balaban J connectivity index is 1.73. The molecular formula is C22H21NO4. The van der Waals surface area contributed by atoms with Crippen LogP contribution in [0.1, 0.15) is 18.2 Å². The van der Waals surface area contributed by atoms with Crippen LogP contribution in [0.15, 0.2) is 60.2 Å². The van der Waals surface area contributed by atoms with E-state index >= 15 is 0 Å². The van der Waals surface area contributed by atoms with E-state index in [1.165, 1.54) is 25.5 Å². The van der Waals surface area contributed by atoms with Crippen molar-refractivity contribution in [2.45, 2.75) is 13.5 Å². The summed E-state index contributed by atoms with van der Waals surface area (Å²) in [7, 11) is 3.27. The Morgan fingerprint density at radius 1 is 1.07 bits per heavy atom. The average Bonchev–Trinajstić information content (AvgIpc) is 3.00. The van der Waals surface area contributed by atoms with E-state index < -0.39 is 5.97 Å². The highest BCUT2D eigenvalue weighted by Crippen LogP contribution is 2.21. The quantitative estimate of drug-likeness (QED) is 0.288. The number of hydrogen-bond donors (Lipinski definition) is 0. The smallest absolute Gasteiger partial charge is 0.341 e. The molecule has 0 bridgehead atoms. The molecule has 5 nitrogen and oxygen atoms in total. The third kappa shape index (κ3) is 4.08. The van der Waals surface area contributed by atoms with Gasteiger partial charge in [0.15, 0.2) is 5.78 Å². The van der Waals surface area contributed by atoms with Gasteiger partial charge in [-0.3, -0.25) is 4.79 Å². The Morgan fingerprint density at radius 2 is 1.78 bits per heavy atom. The maximum atomic E-state index is 11.7. The molecule has 0 saturated heterocycles. The number of nitrogens with zero attached hydrogens (tertiary/aromatic N) is 1. The number of carbonyl (C=O) groups excluding carboxylic acids is 2. The van der Waals surface area contributed by atoms with Crippen molar-refractivity contribution in [2.75, 3.05) is 7.11 Å². The van der Waals surface area contributed by atoms with Gasteiger partial charge in [0, 0.05) is 12.6 Å². The fraction of sp³-hybridized carbons (Fsp3) is 0.182. The van der Waals surface area contributed by atoms with E-state index in [9.17, 15) is 9.59 Å². The monoisotopic (exact) mass is 363 g/mol. The zero-order valence-electron chi connectivity index (χ0n) is 15.6. The second kappa shape index (κ2) is 7.91. The van der Waals surface area contributed by atoms with E-state index in [1.54, 1.807) is 12.1 Å². The standard InChI is InChI=1S/C22H21NO4/c1-15(24)20(22(25)26-3)12-16-8-10-19(11-9-16)27-14-18-13-17-6-4-5-7-21(17)23(18)2/h4-13H,14H2,1-3H3. The summed E-state index contributed by atoms with van der Waals surface area (Å²) in [5.41, 5.74) is 2.98. The Labute approximate surface area is 157 Å². The molecule has 138 valence electrons. The van der Waals surface area contributed by atoms with Gasteiger partial charge in [0.2, 0.25) is 0 Å². The van der Waals surface area contributed by atoms with Crippen LogP contribution in [0.4, 0.5) is 0 Å². The molecule has 0 saturated carbocycles. The lowest BCUT2D eigenvalue weighted by Gasteiger charge is -2.08. The molecule has 1 heterocycles. The summed E-state index contributed by atoms with van der Waals surface area (Å²) in [5, 5.41) is 1.18. The van der Waals surface area contributed by atoms with Gasteiger partial charge in [0.05, 0.1) is 12.8 Å². The summed E-state index contributed by atoms with van der Waals surface area (Å²) in [4.78, 5) is 23.2. The predicted molar refractivity (Wildman–Crippen MR) is 104 cm³/mol. The molecule has 0 N–H and O–H groups in total. The number of methoxy groups -OCH3 is 1. The lowest BCUT2D eigenvalue weighted by atomic mass is 10.1. The first-order chi connectivity index (χ1) is 13.0. The Hall–Kier alpha value is -3.34. The first kappa shape index (κ1) is 18.5. The molecule has 27 heavy (non-hydrogen) atoms. The van der Waals surface area contributed by atoms with Gasteiger partial charge in [-0.15, -0.1) is 0 Å². The number of Topliss-reactive ketones (excluding diaryl/α,β-unsaturated/α-hetero) is 1. The first-order valence-corrected chi connectivity index (χ1v) is 8.56. The predicted octanol–water partition coefficient (Wildman–Crippen LogP) is 3.90. The average molecular weight is 363 g/mol. The second-order valence-electron chi connectivity index (χ2n) is 6.22. The van der Waals surface area contributed by atoms with Crippen LogP contribution in [0, 0.1) is 0 Å². The molecule has 2 aromatic carbocycles. The van der Waals surface area contributed by atoms with Crippen LogP contribution in [0.25, 0.3) is 17.0 Å². The van der Waals surface area contributed by atoms with Crippen molar-refractivity contribution in [2.24, 2.45) is 7.05 Å². The van der Waals surface area contributed by atoms with Crippen LogP contribution in [0.5, 0.6) is 5.75 Å². The van der Waals surface area contributed by atoms with Crippen molar-refractivity contribution in [3.8, 4) is 5.75 Å². The lowest BCUT2D eigenvalue weighted by Crippen LogP contribution is -2.11. The number of hydrogen-bond acceptors (Lipinski definition) is 4. The number of aromatic nitrogens is 1. The highest BCUT2D eigenvalue weighted by molar-refractivity contribution is 6.19. The first-order valence-electron chi connectivity index (χ1n) is 8.56. The van der Waals surface area contributed by atoms with Gasteiger partial charge in [0.1, 0.15) is 17.9 Å². The topological polar surface area (TPSA) is 57.5 Å². The van der Waals surface area contributed by atoms with Crippen molar-refractivity contribution < 1.29 is 19.1 Å². The number of esters is 1. The molecule has 5 heteroatoms. The van der Waals surface area contributed by atoms with E-state index in [0.717, 1.165) is 16.8 Å². The van der Waals surface area contributed by atoms with Gasteiger partial charge >= 0.3 is 5.97 Å². The summed E-state index contributed by atoms with van der Waals surface area (Å²) in [6, 6.07) is 17.5. The van der Waals surface area contributed by atoms with Gasteiger partial charge in [0.25, 0.3) is 0 Å². The van der Waals surface area contributed by atoms with Crippen molar-refractivity contribution in [1.82, 2.24) is 4.57 Å². The largest absolute Gasteiger partial charge is 0.487 e. The zero-order chi connectivity index (χ0) is 19.4. The summed E-state index contributed by atoms with van der Waals surface area (Å²) < 4.78 is 12.6. The molecule has 0 spiro atoms. The molecule has 0 amide bonds. The lowest BCUT2D eigenvalue weighted by molar-refractivity contribution is -0.137. The third-order valence-corrected chi connectivity index (χ3v) is 4.41. The van der Waals surface area contributed by atoms with Crippen molar-refractivity contribution in [3.05, 3.63) is 71.4 Å². The van der Waals surface area contributed by atoms with Crippen LogP contribution in [0.3, 0.4) is 0 Å². The third-order valence-electron chi connectivity index (χ3n) is 4.41. The number of fused-ring (bicyclic) bond motifs is 1. The van der Waals surface area contributed by atoms with E-state index in [1.807, 2.05) is 31.3 Å².